The second-order valence-electron chi connectivity index (χ2n) is 7.10. The molecule has 2 aromatic rings. The van der Waals surface area contributed by atoms with Crippen molar-refractivity contribution >= 4 is 22.6 Å². The van der Waals surface area contributed by atoms with E-state index < -0.39 is 11.6 Å². The van der Waals surface area contributed by atoms with Gasteiger partial charge in [0.15, 0.2) is 5.96 Å². The average Bonchev–Trinajstić information content (AvgIpc) is 3.28. The van der Waals surface area contributed by atoms with Crippen LogP contribution in [0.2, 0.25) is 0 Å². The molecule has 0 bridgehead atoms. The maximum absolute atomic E-state index is 14.0. The van der Waals surface area contributed by atoms with Crippen molar-refractivity contribution in [2.45, 2.75) is 31.7 Å². The summed E-state index contributed by atoms with van der Waals surface area (Å²) >= 11 is 1.45. The first-order chi connectivity index (χ1) is 13.6. The molecule has 150 valence electrons. The highest BCUT2D eigenvalue weighted by molar-refractivity contribution is 7.09. The molecule has 1 N–H and O–H groups in total. The van der Waals surface area contributed by atoms with Crippen LogP contribution in [-0.4, -0.2) is 59.5 Å². The topological polar surface area (TPSA) is 56.7 Å². The quantitative estimate of drug-likeness (QED) is 0.625. The Labute approximate surface area is 167 Å². The molecule has 0 radical (unpaired) electrons. The first-order valence-corrected chi connectivity index (χ1v) is 10.4. The summed E-state index contributed by atoms with van der Waals surface area (Å²) in [4.78, 5) is 13.4. The number of nitrogens with one attached hydrogen (secondary N) is 1. The van der Waals surface area contributed by atoms with Gasteiger partial charge in [-0.2, -0.15) is 4.37 Å². The zero-order chi connectivity index (χ0) is 19.7. The number of aryl methyl sites for hydroxylation is 1. The first-order valence-electron chi connectivity index (χ1n) is 9.60. The van der Waals surface area contributed by atoms with E-state index in [2.05, 4.69) is 36.4 Å². The van der Waals surface area contributed by atoms with Crippen molar-refractivity contribution in [1.82, 2.24) is 19.6 Å². The summed E-state index contributed by atoms with van der Waals surface area (Å²) in [5.74, 6) is 0.589. The van der Waals surface area contributed by atoms with Crippen molar-refractivity contribution in [3.63, 3.8) is 0 Å². The molecule has 2 fully saturated rings. The summed E-state index contributed by atoms with van der Waals surface area (Å²) in [6, 6.07) is 4.05. The first kappa shape index (κ1) is 19.0. The second-order valence-corrected chi connectivity index (χ2v) is 7.83. The van der Waals surface area contributed by atoms with Crippen LogP contribution in [0.3, 0.4) is 0 Å². The molecule has 9 heteroatoms. The van der Waals surface area contributed by atoms with Gasteiger partial charge in [0.05, 0.1) is 0 Å². The standard InChI is InChI=1S/C19H24F2N6S/c1-3-16-24-19(28-25-16)27-9-7-26(8-10-27)18(22-2)23-15-11-12(15)17-13(20)5-4-6-14(17)21/h4-6,12,15H,3,7-11H2,1-2H3,(H,22,23). The summed E-state index contributed by atoms with van der Waals surface area (Å²) < 4.78 is 32.3. The number of aliphatic imine (C=N–C) groups is 1. The van der Waals surface area contributed by atoms with Crippen molar-refractivity contribution in [2.75, 3.05) is 38.1 Å². The molecule has 1 saturated heterocycles. The maximum Gasteiger partial charge on any atom is 0.205 e. The van der Waals surface area contributed by atoms with Crippen LogP contribution >= 0.6 is 11.5 Å². The molecule has 1 saturated carbocycles. The maximum atomic E-state index is 14.0. The van der Waals surface area contributed by atoms with E-state index in [1.54, 1.807) is 7.05 Å². The van der Waals surface area contributed by atoms with Gasteiger partial charge in [-0.15, -0.1) is 0 Å². The number of nitrogens with zero attached hydrogens (tertiary/aromatic N) is 5. The van der Waals surface area contributed by atoms with Crippen LogP contribution in [0.4, 0.5) is 13.9 Å². The predicted octanol–water partition coefficient (Wildman–Crippen LogP) is 2.63. The van der Waals surface area contributed by atoms with E-state index in [-0.39, 0.29) is 17.5 Å². The lowest BCUT2D eigenvalue weighted by atomic mass is 10.1. The molecule has 0 amide bonds. The number of benzene rings is 1. The fourth-order valence-corrected chi connectivity index (χ4v) is 4.43. The van der Waals surface area contributed by atoms with E-state index in [1.165, 1.54) is 29.7 Å². The largest absolute Gasteiger partial charge is 0.353 e. The number of piperazine rings is 1. The fourth-order valence-electron chi connectivity index (χ4n) is 3.63. The Balaban J connectivity index is 1.34. The molecular formula is C19H24F2N6S. The highest BCUT2D eigenvalue weighted by Crippen LogP contribution is 2.43. The molecule has 1 aliphatic heterocycles. The highest BCUT2D eigenvalue weighted by atomic mass is 32.1. The van der Waals surface area contributed by atoms with E-state index in [1.807, 2.05) is 0 Å². The van der Waals surface area contributed by atoms with E-state index >= 15 is 0 Å². The Morgan fingerprint density at radius 3 is 2.57 bits per heavy atom. The van der Waals surface area contributed by atoms with Crippen molar-refractivity contribution < 1.29 is 8.78 Å². The van der Waals surface area contributed by atoms with Gasteiger partial charge in [-0.3, -0.25) is 4.99 Å². The normalized spacial score (nSPS) is 22.5. The Kier molecular flexibility index (Phi) is 5.43. The highest BCUT2D eigenvalue weighted by Gasteiger charge is 2.43. The molecule has 1 aromatic heterocycles. The van der Waals surface area contributed by atoms with Gasteiger partial charge in [-0.1, -0.05) is 13.0 Å². The van der Waals surface area contributed by atoms with E-state index in [4.69, 9.17) is 0 Å². The average molecular weight is 407 g/mol. The number of hydrogen-bond donors (Lipinski definition) is 1. The molecule has 28 heavy (non-hydrogen) atoms. The van der Waals surface area contributed by atoms with Crippen molar-refractivity contribution in [2.24, 2.45) is 4.99 Å². The van der Waals surface area contributed by atoms with Crippen LogP contribution in [0.15, 0.2) is 23.2 Å². The molecule has 2 atom stereocenters. The molecule has 0 spiro atoms. The molecule has 1 aliphatic carbocycles. The number of rotatable bonds is 4. The van der Waals surface area contributed by atoms with Gasteiger partial charge < -0.3 is 15.1 Å². The van der Waals surface area contributed by atoms with Gasteiger partial charge in [0, 0.05) is 68.7 Å². The predicted molar refractivity (Wildman–Crippen MR) is 107 cm³/mol. The molecule has 4 rings (SSSR count). The third-order valence-electron chi connectivity index (χ3n) is 5.31. The zero-order valence-electron chi connectivity index (χ0n) is 16.0. The van der Waals surface area contributed by atoms with Crippen LogP contribution in [-0.2, 0) is 6.42 Å². The Bertz CT molecular complexity index is 842. The van der Waals surface area contributed by atoms with Gasteiger partial charge in [0.2, 0.25) is 5.13 Å². The second kappa shape index (κ2) is 7.98. The summed E-state index contributed by atoms with van der Waals surface area (Å²) in [6.07, 6.45) is 1.56. The lowest BCUT2D eigenvalue weighted by molar-refractivity contribution is 0.371. The van der Waals surface area contributed by atoms with Crippen molar-refractivity contribution in [3.05, 3.63) is 41.2 Å². The minimum absolute atomic E-state index is 0.0124. The van der Waals surface area contributed by atoms with Gasteiger partial charge in [-0.05, 0) is 18.6 Å². The lowest BCUT2D eigenvalue weighted by Crippen LogP contribution is -2.53. The van der Waals surface area contributed by atoms with Gasteiger partial charge in [0.1, 0.15) is 17.5 Å². The monoisotopic (exact) mass is 406 g/mol. The zero-order valence-corrected chi connectivity index (χ0v) is 16.8. The van der Waals surface area contributed by atoms with Crippen molar-refractivity contribution in [1.29, 1.82) is 0 Å². The van der Waals surface area contributed by atoms with Gasteiger partial charge in [0.25, 0.3) is 0 Å². The Morgan fingerprint density at radius 2 is 1.96 bits per heavy atom. The van der Waals surface area contributed by atoms with E-state index in [0.717, 1.165) is 49.5 Å². The van der Waals surface area contributed by atoms with Crippen LogP contribution < -0.4 is 10.2 Å². The van der Waals surface area contributed by atoms with E-state index in [9.17, 15) is 8.78 Å². The van der Waals surface area contributed by atoms with E-state index in [0.29, 0.717) is 6.42 Å². The third-order valence-corrected chi connectivity index (χ3v) is 6.13. The van der Waals surface area contributed by atoms with Crippen LogP contribution in [0.1, 0.15) is 30.7 Å². The molecule has 2 unspecified atom stereocenters. The number of halogens is 2. The number of hydrogen-bond acceptors (Lipinski definition) is 5. The smallest absolute Gasteiger partial charge is 0.205 e. The summed E-state index contributed by atoms with van der Waals surface area (Å²) in [5.41, 5.74) is 0.184. The SMILES string of the molecule is CCc1nsc(N2CCN(C(=NC)NC3CC3c3c(F)cccc3F)CC2)n1. The van der Waals surface area contributed by atoms with Crippen LogP contribution in [0.5, 0.6) is 0 Å². The lowest BCUT2D eigenvalue weighted by Gasteiger charge is -2.36. The van der Waals surface area contributed by atoms with Crippen molar-refractivity contribution in [3.8, 4) is 0 Å². The fraction of sp³-hybridized carbons (Fsp3) is 0.526. The minimum atomic E-state index is -0.471. The summed E-state index contributed by atoms with van der Waals surface area (Å²) in [7, 11) is 1.74. The number of anilines is 1. The summed E-state index contributed by atoms with van der Waals surface area (Å²) in [6.45, 7) is 5.36. The minimum Gasteiger partial charge on any atom is -0.353 e. The third kappa shape index (κ3) is 3.80. The van der Waals surface area contributed by atoms with Crippen LogP contribution in [0, 0.1) is 11.6 Å². The molecule has 2 aliphatic rings. The summed E-state index contributed by atoms with van der Waals surface area (Å²) in [5, 5.41) is 4.35. The Hall–Kier alpha value is -2.29. The van der Waals surface area contributed by atoms with Gasteiger partial charge >= 0.3 is 0 Å². The molecule has 6 nitrogen and oxygen atoms in total. The molecule has 1 aromatic carbocycles. The number of guanidine groups is 1. The number of aromatic nitrogens is 2. The van der Waals surface area contributed by atoms with Gasteiger partial charge in [-0.25, -0.2) is 13.8 Å². The molecular weight excluding hydrogens is 382 g/mol. The Morgan fingerprint density at radius 1 is 1.25 bits per heavy atom. The molecule has 2 heterocycles. The van der Waals surface area contributed by atoms with Crippen LogP contribution in [0.25, 0.3) is 0 Å².